The summed E-state index contributed by atoms with van der Waals surface area (Å²) in [6, 6.07) is 3.11. The summed E-state index contributed by atoms with van der Waals surface area (Å²) in [6.45, 7) is 7.55. The maximum atomic E-state index is 13.7. The van der Waals surface area contributed by atoms with Crippen LogP contribution >= 0.6 is 0 Å². The van der Waals surface area contributed by atoms with Crippen molar-refractivity contribution in [3.8, 4) is 5.69 Å². The molecule has 0 aliphatic rings. The minimum atomic E-state index is -0.225. The number of hydrogen-bond donors (Lipinski definition) is 1. The van der Waals surface area contributed by atoms with Gasteiger partial charge in [-0.05, 0) is 51.0 Å². The van der Waals surface area contributed by atoms with E-state index in [-0.39, 0.29) is 11.9 Å². The molecule has 2 aromatic rings. The van der Waals surface area contributed by atoms with Crippen molar-refractivity contribution in [1.29, 1.82) is 0 Å². The first-order valence-electron chi connectivity index (χ1n) is 5.98. The molecule has 0 spiro atoms. The lowest BCUT2D eigenvalue weighted by atomic mass is 10.0. The molecule has 0 amide bonds. The third-order valence-corrected chi connectivity index (χ3v) is 3.31. The number of benzene rings is 1. The number of halogens is 1. The van der Waals surface area contributed by atoms with Gasteiger partial charge in [0.15, 0.2) is 0 Å². The molecule has 0 unspecified atom stereocenters. The Morgan fingerprint density at radius 2 is 1.94 bits per heavy atom. The normalized spacial score (nSPS) is 12.8. The van der Waals surface area contributed by atoms with Crippen molar-refractivity contribution in [3.05, 3.63) is 46.8 Å². The zero-order chi connectivity index (χ0) is 13.4. The highest BCUT2D eigenvalue weighted by Gasteiger charge is 2.14. The van der Waals surface area contributed by atoms with E-state index in [1.165, 1.54) is 6.07 Å². The zero-order valence-corrected chi connectivity index (χ0v) is 11.2. The van der Waals surface area contributed by atoms with Gasteiger partial charge in [-0.25, -0.2) is 9.37 Å². The van der Waals surface area contributed by atoms with E-state index < -0.39 is 0 Å². The molecule has 0 fully saturated rings. The van der Waals surface area contributed by atoms with Crippen LogP contribution in [0.25, 0.3) is 5.69 Å². The molecule has 3 nitrogen and oxygen atoms in total. The average molecular weight is 247 g/mol. The second-order valence-electron chi connectivity index (χ2n) is 4.73. The molecule has 0 radical (unpaired) electrons. The summed E-state index contributed by atoms with van der Waals surface area (Å²) >= 11 is 0. The van der Waals surface area contributed by atoms with Gasteiger partial charge >= 0.3 is 0 Å². The molecular formula is C14H18FN3. The second kappa shape index (κ2) is 4.53. The monoisotopic (exact) mass is 247 g/mol. The van der Waals surface area contributed by atoms with Crippen molar-refractivity contribution in [2.24, 2.45) is 5.73 Å². The molecule has 0 bridgehead atoms. The molecule has 0 aliphatic heterocycles. The summed E-state index contributed by atoms with van der Waals surface area (Å²) in [5.74, 6) is -0.222. The molecular weight excluding hydrogens is 229 g/mol. The predicted octanol–water partition coefficient (Wildman–Crippen LogP) is 2.96. The summed E-state index contributed by atoms with van der Waals surface area (Å²) in [6.07, 6.45) is 1.75. The van der Waals surface area contributed by atoms with Crippen molar-refractivity contribution >= 4 is 0 Å². The third-order valence-electron chi connectivity index (χ3n) is 3.31. The van der Waals surface area contributed by atoms with Crippen LogP contribution in [0.4, 0.5) is 4.39 Å². The Balaban J connectivity index is 2.70. The number of hydrogen-bond acceptors (Lipinski definition) is 2. The van der Waals surface area contributed by atoms with E-state index in [4.69, 9.17) is 5.73 Å². The number of aryl methyl sites for hydroxylation is 2. The first-order chi connectivity index (χ1) is 8.41. The standard InChI is InChI=1S/C14H18FN3/c1-8-5-14(12(9(2)16)6-13(8)15)18-7-17-10(3)11(18)4/h5-7,9H,16H2,1-4H3/t9-/m1/s1. The van der Waals surface area contributed by atoms with E-state index in [1.54, 1.807) is 13.3 Å². The molecule has 1 aromatic heterocycles. The van der Waals surface area contributed by atoms with Gasteiger partial charge in [-0.1, -0.05) is 0 Å². The van der Waals surface area contributed by atoms with Crippen LogP contribution in [0.3, 0.4) is 0 Å². The van der Waals surface area contributed by atoms with E-state index >= 15 is 0 Å². The molecule has 0 saturated carbocycles. The van der Waals surface area contributed by atoms with Crippen molar-refractivity contribution in [2.75, 3.05) is 0 Å². The molecule has 2 rings (SSSR count). The van der Waals surface area contributed by atoms with Crippen LogP contribution in [0.2, 0.25) is 0 Å². The van der Waals surface area contributed by atoms with E-state index in [1.807, 2.05) is 31.4 Å². The van der Waals surface area contributed by atoms with Crippen LogP contribution in [-0.4, -0.2) is 9.55 Å². The SMILES string of the molecule is Cc1cc(-n2cnc(C)c2C)c([C@@H](C)N)cc1F. The van der Waals surface area contributed by atoms with Crippen LogP contribution in [0.1, 0.15) is 35.5 Å². The maximum absolute atomic E-state index is 13.7. The highest BCUT2D eigenvalue weighted by molar-refractivity contribution is 5.47. The topological polar surface area (TPSA) is 43.8 Å². The third kappa shape index (κ3) is 2.04. The van der Waals surface area contributed by atoms with E-state index in [9.17, 15) is 4.39 Å². The summed E-state index contributed by atoms with van der Waals surface area (Å²) < 4.78 is 15.6. The fourth-order valence-corrected chi connectivity index (χ4v) is 2.00. The van der Waals surface area contributed by atoms with Crippen LogP contribution in [0.15, 0.2) is 18.5 Å². The van der Waals surface area contributed by atoms with Crippen molar-refractivity contribution in [1.82, 2.24) is 9.55 Å². The Hall–Kier alpha value is -1.68. The maximum Gasteiger partial charge on any atom is 0.126 e. The molecule has 96 valence electrons. The minimum absolute atomic E-state index is 0.222. The number of nitrogens with two attached hydrogens (primary N) is 1. The fraction of sp³-hybridized carbons (Fsp3) is 0.357. The van der Waals surface area contributed by atoms with Crippen LogP contribution < -0.4 is 5.73 Å². The zero-order valence-electron chi connectivity index (χ0n) is 11.2. The van der Waals surface area contributed by atoms with Gasteiger partial charge in [0.1, 0.15) is 5.82 Å². The van der Waals surface area contributed by atoms with Gasteiger partial charge in [-0.2, -0.15) is 0 Å². The largest absolute Gasteiger partial charge is 0.324 e. The molecule has 1 atom stereocenters. The van der Waals surface area contributed by atoms with Gasteiger partial charge < -0.3 is 10.3 Å². The number of nitrogens with zero attached hydrogens (tertiary/aromatic N) is 2. The Bertz CT molecular complexity index is 585. The number of rotatable bonds is 2. The molecule has 0 saturated heterocycles. The highest BCUT2D eigenvalue weighted by Crippen LogP contribution is 2.25. The molecule has 0 aliphatic carbocycles. The summed E-state index contributed by atoms with van der Waals surface area (Å²) in [5, 5.41) is 0. The van der Waals surface area contributed by atoms with Gasteiger partial charge in [0.2, 0.25) is 0 Å². The van der Waals surface area contributed by atoms with Crippen molar-refractivity contribution in [2.45, 2.75) is 33.7 Å². The number of imidazole rings is 1. The van der Waals surface area contributed by atoms with Gasteiger partial charge in [0.05, 0.1) is 17.7 Å². The lowest BCUT2D eigenvalue weighted by molar-refractivity contribution is 0.612. The second-order valence-corrected chi connectivity index (χ2v) is 4.73. The van der Waals surface area contributed by atoms with Gasteiger partial charge in [0, 0.05) is 11.7 Å². The Labute approximate surface area is 106 Å². The van der Waals surface area contributed by atoms with Gasteiger partial charge in [-0.15, -0.1) is 0 Å². The van der Waals surface area contributed by atoms with Gasteiger partial charge in [-0.3, -0.25) is 0 Å². The first-order valence-corrected chi connectivity index (χ1v) is 5.98. The highest BCUT2D eigenvalue weighted by atomic mass is 19.1. The minimum Gasteiger partial charge on any atom is -0.324 e. The van der Waals surface area contributed by atoms with Crippen LogP contribution in [0.5, 0.6) is 0 Å². The van der Waals surface area contributed by atoms with Crippen LogP contribution in [-0.2, 0) is 0 Å². The molecule has 1 aromatic carbocycles. The molecule has 1 heterocycles. The van der Waals surface area contributed by atoms with Crippen LogP contribution in [0, 0.1) is 26.6 Å². The Morgan fingerprint density at radius 1 is 1.28 bits per heavy atom. The lowest BCUT2D eigenvalue weighted by Gasteiger charge is -2.16. The van der Waals surface area contributed by atoms with Crippen molar-refractivity contribution < 1.29 is 4.39 Å². The Morgan fingerprint density at radius 3 is 2.44 bits per heavy atom. The van der Waals surface area contributed by atoms with Gasteiger partial charge in [0.25, 0.3) is 0 Å². The van der Waals surface area contributed by atoms with E-state index in [0.717, 1.165) is 22.6 Å². The smallest absolute Gasteiger partial charge is 0.126 e. The average Bonchev–Trinajstić information content (AvgIpc) is 2.63. The van der Waals surface area contributed by atoms with Crippen molar-refractivity contribution in [3.63, 3.8) is 0 Å². The van der Waals surface area contributed by atoms with E-state index in [2.05, 4.69) is 4.98 Å². The van der Waals surface area contributed by atoms with E-state index in [0.29, 0.717) is 5.56 Å². The summed E-state index contributed by atoms with van der Waals surface area (Å²) in [4.78, 5) is 4.27. The molecule has 4 heteroatoms. The Kier molecular flexibility index (Phi) is 3.22. The lowest BCUT2D eigenvalue weighted by Crippen LogP contribution is -2.11. The quantitative estimate of drug-likeness (QED) is 0.886. The summed E-state index contributed by atoms with van der Waals surface area (Å²) in [7, 11) is 0. The predicted molar refractivity (Wildman–Crippen MR) is 70.3 cm³/mol. The molecule has 18 heavy (non-hydrogen) atoms. The number of aromatic nitrogens is 2. The summed E-state index contributed by atoms with van der Waals surface area (Å²) in [5.41, 5.74) is 10.2. The fourth-order valence-electron chi connectivity index (χ4n) is 2.00. The molecule has 2 N–H and O–H groups in total. The first kappa shape index (κ1) is 12.8.